The van der Waals surface area contributed by atoms with E-state index in [9.17, 15) is 19.5 Å². The minimum Gasteiger partial charge on any atom is -0.480 e. The number of carboxylic acids is 1. The van der Waals surface area contributed by atoms with E-state index in [2.05, 4.69) is 5.32 Å². The number of para-hydroxylation sites is 1. The molecule has 0 unspecified atom stereocenters. The van der Waals surface area contributed by atoms with Crippen molar-refractivity contribution in [2.75, 3.05) is 0 Å². The molecule has 0 saturated carbocycles. The first kappa shape index (κ1) is 20.5. The molecule has 138 valence electrons. The number of aliphatic carboxylic acids is 1. The van der Waals surface area contributed by atoms with E-state index in [-0.39, 0.29) is 12.2 Å². The normalized spacial score (nSPS) is 12.8. The van der Waals surface area contributed by atoms with Gasteiger partial charge >= 0.3 is 18.0 Å². The number of ether oxygens (including phenoxy) is 2. The zero-order chi connectivity index (χ0) is 19.3. The van der Waals surface area contributed by atoms with Crippen molar-refractivity contribution in [1.82, 2.24) is 5.32 Å². The molecule has 0 spiro atoms. The van der Waals surface area contributed by atoms with E-state index in [1.807, 2.05) is 0 Å². The standard InChI is InChI=1S/C18H25NO6/c1-17(2,3)25-13(20)11-18(4,5)14(15(21)22)19-16(23)24-12-9-7-6-8-10-12/h6-10,14H,11H2,1-5H3,(H,19,23)(H,21,22)/t14-/m1/s1. The first-order chi connectivity index (χ1) is 11.4. The van der Waals surface area contributed by atoms with Crippen LogP contribution in [0.1, 0.15) is 41.0 Å². The second-order valence-corrected chi connectivity index (χ2v) is 7.37. The van der Waals surface area contributed by atoms with Gasteiger partial charge in [0.05, 0.1) is 6.42 Å². The van der Waals surface area contributed by atoms with Crippen LogP contribution < -0.4 is 10.1 Å². The molecule has 0 aliphatic carbocycles. The minimum absolute atomic E-state index is 0.174. The van der Waals surface area contributed by atoms with Crippen LogP contribution in [0.2, 0.25) is 0 Å². The lowest BCUT2D eigenvalue weighted by Crippen LogP contribution is -2.52. The molecule has 1 aromatic carbocycles. The fraction of sp³-hybridized carbons (Fsp3) is 0.500. The number of benzene rings is 1. The molecule has 1 rings (SSSR count). The second kappa shape index (κ2) is 8.00. The van der Waals surface area contributed by atoms with E-state index in [4.69, 9.17) is 9.47 Å². The molecule has 0 radical (unpaired) electrons. The van der Waals surface area contributed by atoms with E-state index in [1.54, 1.807) is 65.0 Å². The van der Waals surface area contributed by atoms with Gasteiger partial charge in [0.15, 0.2) is 0 Å². The zero-order valence-corrected chi connectivity index (χ0v) is 15.2. The van der Waals surface area contributed by atoms with Gasteiger partial charge in [0, 0.05) is 5.41 Å². The Labute approximate surface area is 147 Å². The fourth-order valence-corrected chi connectivity index (χ4v) is 2.19. The van der Waals surface area contributed by atoms with Gasteiger partial charge in [0.25, 0.3) is 0 Å². The van der Waals surface area contributed by atoms with Crippen molar-refractivity contribution in [3.63, 3.8) is 0 Å². The molecule has 0 aliphatic heterocycles. The molecular weight excluding hydrogens is 326 g/mol. The van der Waals surface area contributed by atoms with Crippen LogP contribution in [0, 0.1) is 5.41 Å². The molecule has 7 heteroatoms. The molecule has 0 bridgehead atoms. The largest absolute Gasteiger partial charge is 0.480 e. The van der Waals surface area contributed by atoms with Crippen molar-refractivity contribution in [1.29, 1.82) is 0 Å². The SMILES string of the molecule is CC(C)(C)OC(=O)CC(C)(C)[C@H](NC(=O)Oc1ccccc1)C(=O)O. The van der Waals surface area contributed by atoms with Crippen molar-refractivity contribution >= 4 is 18.0 Å². The predicted octanol–water partition coefficient (Wildman–Crippen LogP) is 2.99. The van der Waals surface area contributed by atoms with Crippen molar-refractivity contribution < 1.29 is 29.0 Å². The molecule has 7 nitrogen and oxygen atoms in total. The summed E-state index contributed by atoms with van der Waals surface area (Å²) < 4.78 is 10.3. The average molecular weight is 351 g/mol. The van der Waals surface area contributed by atoms with Crippen LogP contribution >= 0.6 is 0 Å². The fourth-order valence-electron chi connectivity index (χ4n) is 2.19. The molecule has 1 atom stereocenters. The highest BCUT2D eigenvalue weighted by molar-refractivity contribution is 5.82. The summed E-state index contributed by atoms with van der Waals surface area (Å²) in [5.74, 6) is -1.52. The maximum Gasteiger partial charge on any atom is 0.413 e. The maximum absolute atomic E-state index is 12.0. The van der Waals surface area contributed by atoms with E-state index >= 15 is 0 Å². The molecule has 0 aromatic heterocycles. The number of hydrogen-bond donors (Lipinski definition) is 2. The van der Waals surface area contributed by atoms with Gasteiger partial charge in [0.2, 0.25) is 0 Å². The number of carboxylic acid groups (broad SMARTS) is 1. The van der Waals surface area contributed by atoms with Crippen molar-refractivity contribution in [2.24, 2.45) is 5.41 Å². The topological polar surface area (TPSA) is 102 Å². The third-order valence-electron chi connectivity index (χ3n) is 3.26. The van der Waals surface area contributed by atoms with Crippen LogP contribution in [-0.2, 0) is 14.3 Å². The number of amides is 1. The molecule has 1 aromatic rings. The maximum atomic E-state index is 12.0. The first-order valence-electron chi connectivity index (χ1n) is 7.89. The Kier molecular flexibility index (Phi) is 6.55. The molecular formula is C18H25NO6. The van der Waals surface area contributed by atoms with Crippen LogP contribution in [0.3, 0.4) is 0 Å². The summed E-state index contributed by atoms with van der Waals surface area (Å²) in [6.07, 6.45) is -1.08. The third-order valence-corrected chi connectivity index (χ3v) is 3.26. The summed E-state index contributed by atoms with van der Waals surface area (Å²) in [5, 5.41) is 11.8. The van der Waals surface area contributed by atoms with Crippen LogP contribution in [-0.4, -0.2) is 34.8 Å². The zero-order valence-electron chi connectivity index (χ0n) is 15.2. The average Bonchev–Trinajstić information content (AvgIpc) is 2.42. The molecule has 25 heavy (non-hydrogen) atoms. The Balaban J connectivity index is 2.78. The van der Waals surface area contributed by atoms with Gasteiger partial charge in [-0.1, -0.05) is 32.0 Å². The van der Waals surface area contributed by atoms with Gasteiger partial charge in [-0.3, -0.25) is 4.79 Å². The quantitative estimate of drug-likeness (QED) is 0.764. The van der Waals surface area contributed by atoms with Gasteiger partial charge in [-0.15, -0.1) is 0 Å². The molecule has 0 aliphatic rings. The Morgan fingerprint density at radius 1 is 1.08 bits per heavy atom. The number of carbonyl (C=O) groups excluding carboxylic acids is 2. The Hall–Kier alpha value is -2.57. The van der Waals surface area contributed by atoms with Gasteiger partial charge in [-0.2, -0.15) is 0 Å². The molecule has 0 heterocycles. The monoisotopic (exact) mass is 351 g/mol. The highest BCUT2D eigenvalue weighted by atomic mass is 16.6. The van der Waals surface area contributed by atoms with Crippen LogP contribution in [0.25, 0.3) is 0 Å². The van der Waals surface area contributed by atoms with Gasteiger partial charge in [0.1, 0.15) is 17.4 Å². The van der Waals surface area contributed by atoms with Crippen LogP contribution in [0.15, 0.2) is 30.3 Å². The van der Waals surface area contributed by atoms with Gasteiger partial charge in [-0.25, -0.2) is 9.59 Å². The summed E-state index contributed by atoms with van der Waals surface area (Å²) in [6, 6.07) is 6.95. The van der Waals surface area contributed by atoms with Gasteiger partial charge < -0.3 is 19.9 Å². The van der Waals surface area contributed by atoms with Crippen molar-refractivity contribution in [2.45, 2.75) is 52.7 Å². The molecule has 1 amide bonds. The molecule has 0 fully saturated rings. The summed E-state index contributed by atoms with van der Waals surface area (Å²) in [5.41, 5.74) is -1.75. The number of esters is 1. The lowest BCUT2D eigenvalue weighted by molar-refractivity contribution is -0.158. The summed E-state index contributed by atoms with van der Waals surface area (Å²) in [7, 11) is 0. The summed E-state index contributed by atoms with van der Waals surface area (Å²) >= 11 is 0. The Morgan fingerprint density at radius 3 is 2.12 bits per heavy atom. The van der Waals surface area contributed by atoms with Crippen molar-refractivity contribution in [3.8, 4) is 5.75 Å². The highest BCUT2D eigenvalue weighted by Crippen LogP contribution is 2.27. The Bertz CT molecular complexity index is 618. The van der Waals surface area contributed by atoms with Crippen LogP contribution in [0.5, 0.6) is 5.75 Å². The van der Waals surface area contributed by atoms with E-state index < -0.39 is 35.1 Å². The van der Waals surface area contributed by atoms with E-state index in [0.29, 0.717) is 0 Å². The number of rotatable bonds is 6. The lowest BCUT2D eigenvalue weighted by Gasteiger charge is -2.32. The van der Waals surface area contributed by atoms with Crippen molar-refractivity contribution in [3.05, 3.63) is 30.3 Å². The predicted molar refractivity (Wildman–Crippen MR) is 91.3 cm³/mol. The first-order valence-corrected chi connectivity index (χ1v) is 7.89. The lowest BCUT2D eigenvalue weighted by atomic mass is 9.81. The smallest absolute Gasteiger partial charge is 0.413 e. The highest BCUT2D eigenvalue weighted by Gasteiger charge is 2.39. The third kappa shape index (κ3) is 7.24. The van der Waals surface area contributed by atoms with E-state index in [1.165, 1.54) is 0 Å². The summed E-state index contributed by atoms with van der Waals surface area (Å²) in [4.78, 5) is 35.6. The molecule has 2 N–H and O–H groups in total. The van der Waals surface area contributed by atoms with Crippen LogP contribution in [0.4, 0.5) is 4.79 Å². The molecule has 0 saturated heterocycles. The second-order valence-electron chi connectivity index (χ2n) is 7.37. The van der Waals surface area contributed by atoms with Gasteiger partial charge in [-0.05, 0) is 32.9 Å². The summed E-state index contributed by atoms with van der Waals surface area (Å²) in [6.45, 7) is 8.31. The van der Waals surface area contributed by atoms with E-state index in [0.717, 1.165) is 0 Å². The number of carbonyl (C=O) groups is 3. The Morgan fingerprint density at radius 2 is 1.64 bits per heavy atom. The minimum atomic E-state index is -1.32. The number of hydrogen-bond acceptors (Lipinski definition) is 5. The number of nitrogens with one attached hydrogen (secondary N) is 1.